The number of cyclic esters (lactones) is 1. The number of carbonyl (C=O) groups is 2. The largest absolute Gasteiger partial charge is 0.460 e. The molecule has 3 heterocycles. The molecule has 4 rings (SSSR count). The molecule has 8 nitrogen and oxygen atoms in total. The van der Waals surface area contributed by atoms with E-state index in [-0.39, 0.29) is 25.0 Å². The molecular formula is C20H19N3O5. The van der Waals surface area contributed by atoms with E-state index in [2.05, 4.69) is 10.1 Å². The van der Waals surface area contributed by atoms with E-state index < -0.39 is 5.97 Å². The van der Waals surface area contributed by atoms with E-state index in [0.717, 1.165) is 11.1 Å². The molecule has 28 heavy (non-hydrogen) atoms. The quantitative estimate of drug-likeness (QED) is 0.627. The van der Waals surface area contributed by atoms with Crippen LogP contribution in [0.5, 0.6) is 0 Å². The first kappa shape index (κ1) is 18.0. The monoisotopic (exact) mass is 381 g/mol. The Hall–Kier alpha value is -3.42. The number of ether oxygens (including phenoxy) is 2. The van der Waals surface area contributed by atoms with E-state index in [1.165, 1.54) is 4.90 Å². The number of amides is 1. The van der Waals surface area contributed by atoms with Crippen LogP contribution in [0, 0.1) is 13.8 Å². The third-order valence-corrected chi connectivity index (χ3v) is 4.62. The van der Waals surface area contributed by atoms with Gasteiger partial charge in [0, 0.05) is 5.56 Å². The highest BCUT2D eigenvalue weighted by Crippen LogP contribution is 2.27. The third kappa shape index (κ3) is 3.40. The maximum atomic E-state index is 12.7. The standard InChI is InChI=1S/C20H19N3O5/c1-12-3-5-14(6-4-12)16-11-15(17-13(2)22-28-18(17)21-16)19(24)26-9-7-23-8-10-27-20(23)25/h3-6,11H,7-10H2,1-2H3. The van der Waals surface area contributed by atoms with E-state index in [9.17, 15) is 9.59 Å². The number of fused-ring (bicyclic) bond motifs is 1. The average Bonchev–Trinajstić information content (AvgIpc) is 3.27. The SMILES string of the molecule is Cc1ccc(-c2cc(C(=O)OCCN3CCOC3=O)c3c(C)noc3n2)cc1. The maximum Gasteiger partial charge on any atom is 0.410 e. The number of nitrogens with zero attached hydrogens (tertiary/aromatic N) is 3. The number of hydrogen-bond acceptors (Lipinski definition) is 7. The number of benzene rings is 1. The first-order valence-corrected chi connectivity index (χ1v) is 8.96. The van der Waals surface area contributed by atoms with Crippen LogP contribution in [0.2, 0.25) is 0 Å². The highest BCUT2D eigenvalue weighted by molar-refractivity contribution is 6.04. The van der Waals surface area contributed by atoms with Crippen molar-refractivity contribution in [1.29, 1.82) is 0 Å². The Labute approximate surface area is 161 Å². The minimum absolute atomic E-state index is 0.0714. The Kier molecular flexibility index (Phi) is 4.68. The zero-order chi connectivity index (χ0) is 19.7. The van der Waals surface area contributed by atoms with Crippen LogP contribution in [-0.2, 0) is 9.47 Å². The van der Waals surface area contributed by atoms with Crippen LogP contribution in [-0.4, -0.2) is 53.4 Å². The fourth-order valence-corrected chi connectivity index (χ4v) is 3.08. The van der Waals surface area contributed by atoms with Gasteiger partial charge in [0.15, 0.2) is 0 Å². The van der Waals surface area contributed by atoms with Crippen molar-refractivity contribution in [2.75, 3.05) is 26.3 Å². The Morgan fingerprint density at radius 1 is 1.25 bits per heavy atom. The number of aryl methyl sites for hydroxylation is 2. The first-order chi connectivity index (χ1) is 13.5. The lowest BCUT2D eigenvalue weighted by Crippen LogP contribution is -2.29. The topological polar surface area (TPSA) is 94.8 Å². The van der Waals surface area contributed by atoms with E-state index in [0.29, 0.717) is 35.5 Å². The summed E-state index contributed by atoms with van der Waals surface area (Å²) in [6, 6.07) is 9.49. The predicted molar refractivity (Wildman–Crippen MR) is 99.9 cm³/mol. The Morgan fingerprint density at radius 3 is 2.75 bits per heavy atom. The summed E-state index contributed by atoms with van der Waals surface area (Å²) in [6.45, 7) is 4.96. The molecule has 2 aromatic heterocycles. The molecule has 8 heteroatoms. The van der Waals surface area contributed by atoms with Gasteiger partial charge in [-0.2, -0.15) is 0 Å². The molecule has 1 fully saturated rings. The van der Waals surface area contributed by atoms with Crippen molar-refractivity contribution >= 4 is 23.2 Å². The Balaban J connectivity index is 1.60. The summed E-state index contributed by atoms with van der Waals surface area (Å²) in [6.07, 6.45) is -0.390. The molecule has 0 atom stereocenters. The third-order valence-electron chi connectivity index (χ3n) is 4.62. The highest BCUT2D eigenvalue weighted by atomic mass is 16.6. The van der Waals surface area contributed by atoms with Gasteiger partial charge < -0.3 is 18.9 Å². The second kappa shape index (κ2) is 7.30. The van der Waals surface area contributed by atoms with Crippen molar-refractivity contribution in [1.82, 2.24) is 15.0 Å². The minimum Gasteiger partial charge on any atom is -0.460 e. The van der Waals surface area contributed by atoms with Crippen LogP contribution < -0.4 is 0 Å². The predicted octanol–water partition coefficient (Wildman–Crippen LogP) is 3.12. The molecule has 0 saturated carbocycles. The van der Waals surface area contributed by atoms with Crippen LogP contribution in [0.3, 0.4) is 0 Å². The minimum atomic E-state index is -0.514. The summed E-state index contributed by atoms with van der Waals surface area (Å²) in [4.78, 5) is 30.2. The van der Waals surface area contributed by atoms with Gasteiger partial charge in [-0.05, 0) is 19.9 Å². The lowest BCUT2D eigenvalue weighted by molar-refractivity contribution is 0.0479. The zero-order valence-corrected chi connectivity index (χ0v) is 15.6. The van der Waals surface area contributed by atoms with E-state index >= 15 is 0 Å². The molecule has 1 aromatic carbocycles. The molecule has 3 aromatic rings. The van der Waals surface area contributed by atoms with Crippen LogP contribution in [0.25, 0.3) is 22.4 Å². The number of carbonyl (C=O) groups excluding carboxylic acids is 2. The van der Waals surface area contributed by atoms with E-state index in [1.807, 2.05) is 31.2 Å². The summed E-state index contributed by atoms with van der Waals surface area (Å²) in [5.41, 5.74) is 3.76. The second-order valence-electron chi connectivity index (χ2n) is 6.61. The molecule has 0 bridgehead atoms. The number of pyridine rings is 1. The molecule has 1 amide bonds. The summed E-state index contributed by atoms with van der Waals surface area (Å²) >= 11 is 0. The Bertz CT molecular complexity index is 1040. The summed E-state index contributed by atoms with van der Waals surface area (Å²) in [5, 5.41) is 4.46. The van der Waals surface area contributed by atoms with Crippen molar-refractivity contribution in [3.05, 3.63) is 47.2 Å². The van der Waals surface area contributed by atoms with Crippen LogP contribution >= 0.6 is 0 Å². The molecule has 0 aliphatic carbocycles. The van der Waals surface area contributed by atoms with Gasteiger partial charge in [-0.3, -0.25) is 0 Å². The van der Waals surface area contributed by atoms with Crippen LogP contribution in [0.1, 0.15) is 21.6 Å². The molecular weight excluding hydrogens is 362 g/mol. The Morgan fingerprint density at radius 2 is 2.04 bits per heavy atom. The van der Waals surface area contributed by atoms with Gasteiger partial charge in [-0.25, -0.2) is 14.6 Å². The van der Waals surface area contributed by atoms with Gasteiger partial charge in [0.2, 0.25) is 0 Å². The van der Waals surface area contributed by atoms with Gasteiger partial charge in [-0.15, -0.1) is 0 Å². The highest BCUT2D eigenvalue weighted by Gasteiger charge is 2.23. The van der Waals surface area contributed by atoms with Gasteiger partial charge >= 0.3 is 12.1 Å². The van der Waals surface area contributed by atoms with Gasteiger partial charge in [0.1, 0.15) is 13.2 Å². The molecule has 0 unspecified atom stereocenters. The molecule has 0 radical (unpaired) electrons. The molecule has 0 N–H and O–H groups in total. The average molecular weight is 381 g/mol. The fraction of sp³-hybridized carbons (Fsp3) is 0.300. The second-order valence-corrected chi connectivity index (χ2v) is 6.61. The molecule has 1 aliphatic heterocycles. The molecule has 144 valence electrons. The first-order valence-electron chi connectivity index (χ1n) is 8.96. The summed E-state index contributed by atoms with van der Waals surface area (Å²) in [7, 11) is 0. The van der Waals surface area contributed by atoms with Gasteiger partial charge in [0.25, 0.3) is 5.71 Å². The molecule has 1 saturated heterocycles. The van der Waals surface area contributed by atoms with E-state index in [4.69, 9.17) is 14.0 Å². The van der Waals surface area contributed by atoms with Gasteiger partial charge in [0.05, 0.1) is 35.4 Å². The lowest BCUT2D eigenvalue weighted by Gasteiger charge is -2.13. The van der Waals surface area contributed by atoms with Crippen molar-refractivity contribution in [3.63, 3.8) is 0 Å². The fourth-order valence-electron chi connectivity index (χ4n) is 3.08. The van der Waals surface area contributed by atoms with Crippen molar-refractivity contribution in [2.24, 2.45) is 0 Å². The molecule has 1 aliphatic rings. The normalized spacial score (nSPS) is 13.8. The van der Waals surface area contributed by atoms with Crippen molar-refractivity contribution < 1.29 is 23.6 Å². The number of rotatable bonds is 5. The molecule has 0 spiro atoms. The lowest BCUT2D eigenvalue weighted by atomic mass is 10.0. The van der Waals surface area contributed by atoms with Crippen LogP contribution in [0.15, 0.2) is 34.9 Å². The van der Waals surface area contributed by atoms with E-state index in [1.54, 1.807) is 13.0 Å². The number of esters is 1. The zero-order valence-electron chi connectivity index (χ0n) is 15.6. The smallest absolute Gasteiger partial charge is 0.410 e. The summed E-state index contributed by atoms with van der Waals surface area (Å²) in [5.74, 6) is -0.514. The number of aromatic nitrogens is 2. The van der Waals surface area contributed by atoms with Crippen molar-refractivity contribution in [2.45, 2.75) is 13.8 Å². The maximum absolute atomic E-state index is 12.7. The van der Waals surface area contributed by atoms with Gasteiger partial charge in [-0.1, -0.05) is 35.0 Å². The number of hydrogen-bond donors (Lipinski definition) is 0. The summed E-state index contributed by atoms with van der Waals surface area (Å²) < 4.78 is 15.5. The van der Waals surface area contributed by atoms with Crippen LogP contribution in [0.4, 0.5) is 4.79 Å². The van der Waals surface area contributed by atoms with Crippen molar-refractivity contribution in [3.8, 4) is 11.3 Å².